The molecule has 1 aromatic carbocycles. The Morgan fingerprint density at radius 2 is 2.00 bits per heavy atom. The Morgan fingerprint density at radius 3 is 2.59 bits per heavy atom. The van der Waals surface area contributed by atoms with E-state index < -0.39 is 17.3 Å². The van der Waals surface area contributed by atoms with Crippen molar-refractivity contribution in [1.82, 2.24) is 0 Å². The van der Waals surface area contributed by atoms with Gasteiger partial charge in [-0.2, -0.15) is 5.26 Å². The molecule has 5 nitrogen and oxygen atoms in total. The van der Waals surface area contributed by atoms with Gasteiger partial charge in [0, 0.05) is 6.42 Å². The molecule has 0 aliphatic heterocycles. The van der Waals surface area contributed by atoms with E-state index in [9.17, 15) is 14.7 Å². The zero-order valence-electron chi connectivity index (χ0n) is 11.9. The maximum atomic E-state index is 12.2. The molecule has 22 heavy (non-hydrogen) atoms. The predicted molar refractivity (Wildman–Crippen MR) is 83.7 cm³/mol. The van der Waals surface area contributed by atoms with E-state index in [1.54, 1.807) is 41.8 Å². The summed E-state index contributed by atoms with van der Waals surface area (Å²) < 4.78 is 0. The SMILES string of the molecule is C[C@](CC(=O)Nc1sccc1C#N)(C(=O)O)c1ccccc1. The maximum absolute atomic E-state index is 12.2. The van der Waals surface area contributed by atoms with E-state index in [4.69, 9.17) is 5.26 Å². The third-order valence-corrected chi connectivity index (χ3v) is 4.27. The van der Waals surface area contributed by atoms with Gasteiger partial charge in [-0.3, -0.25) is 9.59 Å². The Hall–Kier alpha value is -2.65. The standard InChI is InChI=1S/C16H14N2O3S/c1-16(15(20)21,12-5-3-2-4-6-12)9-13(19)18-14-11(10-17)7-8-22-14/h2-8H,9H2,1H3,(H,18,19)(H,20,21)/t16-/m1/s1. The van der Waals surface area contributed by atoms with Crippen LogP contribution in [0.15, 0.2) is 41.8 Å². The van der Waals surface area contributed by atoms with Crippen LogP contribution < -0.4 is 5.32 Å². The highest BCUT2D eigenvalue weighted by Gasteiger charge is 2.37. The summed E-state index contributed by atoms with van der Waals surface area (Å²) in [6.07, 6.45) is -0.213. The number of nitrogens with one attached hydrogen (secondary N) is 1. The van der Waals surface area contributed by atoms with E-state index in [0.717, 1.165) is 0 Å². The summed E-state index contributed by atoms with van der Waals surface area (Å²) in [6.45, 7) is 1.52. The summed E-state index contributed by atoms with van der Waals surface area (Å²) in [6, 6.07) is 12.2. The average Bonchev–Trinajstić information content (AvgIpc) is 2.94. The van der Waals surface area contributed by atoms with Crippen LogP contribution in [0.2, 0.25) is 0 Å². The van der Waals surface area contributed by atoms with Gasteiger partial charge in [0.1, 0.15) is 11.1 Å². The summed E-state index contributed by atoms with van der Waals surface area (Å²) in [7, 11) is 0. The lowest BCUT2D eigenvalue weighted by atomic mass is 9.79. The number of thiophene rings is 1. The van der Waals surface area contributed by atoms with Crippen molar-refractivity contribution in [1.29, 1.82) is 5.26 Å². The van der Waals surface area contributed by atoms with Gasteiger partial charge in [0.15, 0.2) is 0 Å². The molecule has 2 aromatic rings. The van der Waals surface area contributed by atoms with Gasteiger partial charge >= 0.3 is 5.97 Å². The zero-order valence-corrected chi connectivity index (χ0v) is 12.7. The van der Waals surface area contributed by atoms with Crippen LogP contribution in [-0.4, -0.2) is 17.0 Å². The molecule has 2 rings (SSSR count). The van der Waals surface area contributed by atoms with Gasteiger partial charge in [-0.25, -0.2) is 0 Å². The van der Waals surface area contributed by atoms with Gasteiger partial charge in [0.25, 0.3) is 0 Å². The largest absolute Gasteiger partial charge is 0.481 e. The van der Waals surface area contributed by atoms with Crippen molar-refractivity contribution >= 4 is 28.2 Å². The molecule has 6 heteroatoms. The van der Waals surface area contributed by atoms with Gasteiger partial charge in [-0.1, -0.05) is 30.3 Å². The van der Waals surface area contributed by atoms with Gasteiger partial charge < -0.3 is 10.4 Å². The zero-order chi connectivity index (χ0) is 16.2. The molecule has 0 fully saturated rings. The third kappa shape index (κ3) is 3.15. The molecule has 0 spiro atoms. The van der Waals surface area contributed by atoms with E-state index in [0.29, 0.717) is 16.1 Å². The first kappa shape index (κ1) is 15.7. The van der Waals surface area contributed by atoms with Crippen molar-refractivity contribution in [2.45, 2.75) is 18.8 Å². The lowest BCUT2D eigenvalue weighted by Crippen LogP contribution is -2.36. The smallest absolute Gasteiger partial charge is 0.314 e. The van der Waals surface area contributed by atoms with Crippen LogP contribution in [0.5, 0.6) is 0 Å². The quantitative estimate of drug-likeness (QED) is 0.887. The molecule has 1 heterocycles. The number of carboxylic acids is 1. The Morgan fingerprint density at radius 1 is 1.32 bits per heavy atom. The van der Waals surface area contributed by atoms with Gasteiger partial charge in [0.2, 0.25) is 5.91 Å². The summed E-state index contributed by atoms with van der Waals surface area (Å²) in [5, 5.41) is 23.2. The molecule has 0 aliphatic carbocycles. The van der Waals surface area contributed by atoms with Crippen LogP contribution in [0.25, 0.3) is 0 Å². The molecule has 1 atom stereocenters. The minimum absolute atomic E-state index is 0.213. The molecule has 0 bridgehead atoms. The number of benzene rings is 1. The third-order valence-electron chi connectivity index (χ3n) is 3.44. The van der Waals surface area contributed by atoms with Crippen LogP contribution in [0.1, 0.15) is 24.5 Å². The highest BCUT2D eigenvalue weighted by atomic mass is 32.1. The Balaban J connectivity index is 2.21. The number of carboxylic acid groups (broad SMARTS) is 1. The van der Waals surface area contributed by atoms with Crippen molar-refractivity contribution in [2.24, 2.45) is 0 Å². The van der Waals surface area contributed by atoms with E-state index in [1.807, 2.05) is 6.07 Å². The molecule has 1 amide bonds. The van der Waals surface area contributed by atoms with Crippen molar-refractivity contribution in [3.05, 3.63) is 52.9 Å². The molecule has 0 aliphatic rings. The van der Waals surface area contributed by atoms with E-state index in [-0.39, 0.29) is 6.42 Å². The average molecular weight is 314 g/mol. The molecule has 0 saturated heterocycles. The van der Waals surface area contributed by atoms with E-state index >= 15 is 0 Å². The molecule has 1 aromatic heterocycles. The fourth-order valence-electron chi connectivity index (χ4n) is 2.09. The Kier molecular flexibility index (Phi) is 4.59. The summed E-state index contributed by atoms with van der Waals surface area (Å²) >= 11 is 1.23. The van der Waals surface area contributed by atoms with Crippen molar-refractivity contribution in [2.75, 3.05) is 5.32 Å². The normalized spacial score (nSPS) is 12.9. The van der Waals surface area contributed by atoms with Gasteiger partial charge in [-0.15, -0.1) is 11.3 Å². The van der Waals surface area contributed by atoms with Gasteiger partial charge in [0.05, 0.1) is 11.0 Å². The topological polar surface area (TPSA) is 90.2 Å². The first-order valence-electron chi connectivity index (χ1n) is 6.54. The highest BCUT2D eigenvalue weighted by molar-refractivity contribution is 7.14. The molecular weight excluding hydrogens is 300 g/mol. The second-order valence-electron chi connectivity index (χ2n) is 5.00. The predicted octanol–water partition coefficient (Wildman–Crippen LogP) is 2.99. The van der Waals surface area contributed by atoms with Crippen molar-refractivity contribution < 1.29 is 14.7 Å². The second kappa shape index (κ2) is 6.41. The van der Waals surface area contributed by atoms with Crippen LogP contribution in [-0.2, 0) is 15.0 Å². The molecule has 112 valence electrons. The number of carbonyl (C=O) groups excluding carboxylic acids is 1. The number of hydrogen-bond donors (Lipinski definition) is 2. The first-order valence-corrected chi connectivity index (χ1v) is 7.41. The Labute approximate surface area is 131 Å². The lowest BCUT2D eigenvalue weighted by molar-refractivity contribution is -0.145. The van der Waals surface area contributed by atoms with E-state index in [1.165, 1.54) is 18.3 Å². The van der Waals surface area contributed by atoms with E-state index in [2.05, 4.69) is 5.32 Å². The number of nitriles is 1. The molecular formula is C16H14N2O3S. The number of nitrogens with zero attached hydrogens (tertiary/aromatic N) is 1. The van der Waals surface area contributed by atoms with Crippen molar-refractivity contribution in [3.63, 3.8) is 0 Å². The monoisotopic (exact) mass is 314 g/mol. The summed E-state index contributed by atoms with van der Waals surface area (Å²) in [5.74, 6) is -1.51. The van der Waals surface area contributed by atoms with Crippen LogP contribution >= 0.6 is 11.3 Å². The van der Waals surface area contributed by atoms with Crippen molar-refractivity contribution in [3.8, 4) is 6.07 Å². The number of aliphatic carboxylic acids is 1. The number of carbonyl (C=O) groups is 2. The lowest BCUT2D eigenvalue weighted by Gasteiger charge is -2.24. The van der Waals surface area contributed by atoms with Gasteiger partial charge in [-0.05, 0) is 23.9 Å². The molecule has 0 saturated carbocycles. The van der Waals surface area contributed by atoms with Crippen LogP contribution in [0, 0.1) is 11.3 Å². The first-order chi connectivity index (χ1) is 10.5. The van der Waals surface area contributed by atoms with Crippen LogP contribution in [0.3, 0.4) is 0 Å². The summed E-state index contributed by atoms with van der Waals surface area (Å²) in [5.41, 5.74) is -0.394. The number of anilines is 1. The molecule has 2 N–H and O–H groups in total. The Bertz CT molecular complexity index is 733. The molecule has 0 unspecified atom stereocenters. The summed E-state index contributed by atoms with van der Waals surface area (Å²) in [4.78, 5) is 23.8. The number of amides is 1. The maximum Gasteiger partial charge on any atom is 0.314 e. The number of rotatable bonds is 5. The number of hydrogen-bond acceptors (Lipinski definition) is 4. The fraction of sp³-hybridized carbons (Fsp3) is 0.188. The second-order valence-corrected chi connectivity index (χ2v) is 5.92. The highest BCUT2D eigenvalue weighted by Crippen LogP contribution is 2.29. The minimum Gasteiger partial charge on any atom is -0.481 e. The van der Waals surface area contributed by atoms with Crippen LogP contribution in [0.4, 0.5) is 5.00 Å². The molecule has 0 radical (unpaired) electrons. The minimum atomic E-state index is -1.32. The fourth-order valence-corrected chi connectivity index (χ4v) is 2.85.